The van der Waals surface area contributed by atoms with Crippen LogP contribution in [0.4, 0.5) is 0 Å². The standard InChI is InChI=1S/C17H21N3O2Si/c1-18-16(21)19-13-9-7-5-6-8-10(9)14(20(19)17(18)22)12-11(13)15(12)23(2,3)4/h5-8,11-15H,1-4H3. The summed E-state index contributed by atoms with van der Waals surface area (Å²) < 4.78 is 4.79. The van der Waals surface area contributed by atoms with Crippen molar-refractivity contribution in [1.82, 2.24) is 13.9 Å². The fraction of sp³-hybridized carbons (Fsp3) is 0.529. The smallest absolute Gasteiger partial charge is 0.246 e. The van der Waals surface area contributed by atoms with Crippen LogP contribution in [-0.2, 0) is 7.05 Å². The maximum Gasteiger partial charge on any atom is 0.347 e. The van der Waals surface area contributed by atoms with Crippen molar-refractivity contribution in [3.05, 3.63) is 56.4 Å². The van der Waals surface area contributed by atoms with Crippen LogP contribution in [0.25, 0.3) is 0 Å². The average molecular weight is 327 g/mol. The number of rotatable bonds is 1. The third kappa shape index (κ3) is 1.39. The van der Waals surface area contributed by atoms with Crippen molar-refractivity contribution < 1.29 is 0 Å². The number of benzene rings is 1. The zero-order chi connectivity index (χ0) is 16.3. The predicted molar refractivity (Wildman–Crippen MR) is 90.7 cm³/mol. The Balaban J connectivity index is 1.84. The topological polar surface area (TPSA) is 48.9 Å². The Kier molecular flexibility index (Phi) is 2.25. The van der Waals surface area contributed by atoms with Crippen LogP contribution in [0, 0.1) is 11.8 Å². The van der Waals surface area contributed by atoms with Crippen LogP contribution in [0.2, 0.25) is 25.2 Å². The van der Waals surface area contributed by atoms with Crippen LogP contribution in [-0.4, -0.2) is 22.0 Å². The van der Waals surface area contributed by atoms with Gasteiger partial charge in [0, 0.05) is 15.1 Å². The molecule has 0 radical (unpaired) electrons. The minimum atomic E-state index is -1.33. The van der Waals surface area contributed by atoms with Crippen LogP contribution in [0.5, 0.6) is 0 Å². The Morgan fingerprint density at radius 3 is 1.70 bits per heavy atom. The molecule has 2 aliphatic heterocycles. The third-order valence-electron chi connectivity index (χ3n) is 6.22. The van der Waals surface area contributed by atoms with Crippen molar-refractivity contribution >= 4 is 8.07 Å². The molecule has 0 amide bonds. The zero-order valence-corrected chi connectivity index (χ0v) is 14.9. The van der Waals surface area contributed by atoms with E-state index in [9.17, 15) is 9.59 Å². The van der Waals surface area contributed by atoms with Gasteiger partial charge in [0.15, 0.2) is 0 Å². The monoisotopic (exact) mass is 327 g/mol. The minimum Gasteiger partial charge on any atom is -0.246 e. The summed E-state index contributed by atoms with van der Waals surface area (Å²) in [7, 11) is 0.259. The lowest BCUT2D eigenvalue weighted by Crippen LogP contribution is -2.44. The first-order chi connectivity index (χ1) is 10.8. The van der Waals surface area contributed by atoms with E-state index in [0.717, 1.165) is 0 Å². The summed E-state index contributed by atoms with van der Waals surface area (Å²) in [5, 5.41) is 0. The fourth-order valence-corrected chi connectivity index (χ4v) is 8.47. The summed E-state index contributed by atoms with van der Waals surface area (Å²) in [6.45, 7) is 7.24. The van der Waals surface area contributed by atoms with Crippen LogP contribution >= 0.6 is 0 Å². The second-order valence-electron chi connectivity index (χ2n) is 8.38. The molecule has 1 aromatic heterocycles. The number of hydrogen-bond donors (Lipinski definition) is 0. The maximum atomic E-state index is 12.7. The molecule has 4 aliphatic rings. The van der Waals surface area contributed by atoms with Crippen LogP contribution in [0.1, 0.15) is 23.2 Å². The highest BCUT2D eigenvalue weighted by Gasteiger charge is 2.69. The molecule has 6 rings (SSSR count). The van der Waals surface area contributed by atoms with Gasteiger partial charge in [-0.3, -0.25) is 0 Å². The summed E-state index contributed by atoms with van der Waals surface area (Å²) in [5.74, 6) is 1.06. The van der Waals surface area contributed by atoms with Crippen molar-refractivity contribution in [3.8, 4) is 0 Å². The molecule has 2 bridgehead atoms. The molecular weight excluding hydrogens is 306 g/mol. The van der Waals surface area contributed by atoms with Gasteiger partial charge in [-0.05, 0) is 28.5 Å². The van der Waals surface area contributed by atoms with E-state index in [1.807, 2.05) is 0 Å². The Hall–Kier alpha value is -1.82. The summed E-state index contributed by atoms with van der Waals surface area (Å²) in [6.07, 6.45) is 0. The molecule has 4 atom stereocenters. The van der Waals surface area contributed by atoms with E-state index in [0.29, 0.717) is 17.4 Å². The fourth-order valence-electron chi connectivity index (χ4n) is 5.46. The maximum absolute atomic E-state index is 12.7. The van der Waals surface area contributed by atoms with E-state index >= 15 is 0 Å². The van der Waals surface area contributed by atoms with Gasteiger partial charge in [-0.1, -0.05) is 43.9 Å². The first-order valence-electron chi connectivity index (χ1n) is 8.33. The summed E-state index contributed by atoms with van der Waals surface area (Å²) in [4.78, 5) is 25.3. The molecule has 0 N–H and O–H groups in total. The highest BCUT2D eigenvalue weighted by Crippen LogP contribution is 2.73. The molecule has 0 spiro atoms. The number of aromatic nitrogens is 3. The predicted octanol–water partition coefficient (Wildman–Crippen LogP) is 1.81. The summed E-state index contributed by atoms with van der Waals surface area (Å²) >= 11 is 0. The van der Waals surface area contributed by atoms with E-state index in [-0.39, 0.29) is 23.5 Å². The van der Waals surface area contributed by atoms with Gasteiger partial charge in [0.1, 0.15) is 0 Å². The Morgan fingerprint density at radius 2 is 1.30 bits per heavy atom. The van der Waals surface area contributed by atoms with Gasteiger partial charge in [0.05, 0.1) is 12.1 Å². The molecule has 2 aliphatic carbocycles. The van der Waals surface area contributed by atoms with E-state index < -0.39 is 8.07 Å². The molecule has 0 saturated heterocycles. The molecule has 1 fully saturated rings. The highest BCUT2D eigenvalue weighted by atomic mass is 28.3. The molecule has 1 saturated carbocycles. The molecule has 3 heterocycles. The second-order valence-corrected chi connectivity index (χ2v) is 13.8. The molecule has 120 valence electrons. The first kappa shape index (κ1) is 13.6. The Morgan fingerprint density at radius 1 is 0.870 bits per heavy atom. The lowest BCUT2D eigenvalue weighted by atomic mass is 9.82. The number of hydrogen-bond acceptors (Lipinski definition) is 2. The van der Waals surface area contributed by atoms with Crippen LogP contribution in [0.3, 0.4) is 0 Å². The van der Waals surface area contributed by atoms with E-state index in [2.05, 4.69) is 43.9 Å². The lowest BCUT2D eigenvalue weighted by Gasteiger charge is -2.39. The molecule has 1 aromatic carbocycles. The molecule has 6 heteroatoms. The third-order valence-corrected chi connectivity index (χ3v) is 8.99. The zero-order valence-electron chi connectivity index (χ0n) is 13.9. The molecule has 5 nitrogen and oxygen atoms in total. The second kappa shape index (κ2) is 3.80. The highest BCUT2D eigenvalue weighted by molar-refractivity contribution is 6.78. The van der Waals surface area contributed by atoms with Gasteiger partial charge < -0.3 is 0 Å². The van der Waals surface area contributed by atoms with Gasteiger partial charge in [0.2, 0.25) is 0 Å². The van der Waals surface area contributed by atoms with Gasteiger partial charge in [0.25, 0.3) is 0 Å². The van der Waals surface area contributed by atoms with Gasteiger partial charge >= 0.3 is 11.4 Å². The van der Waals surface area contributed by atoms with Gasteiger partial charge in [-0.2, -0.15) is 0 Å². The normalized spacial score (nSPS) is 33.1. The molecular formula is C17H21N3O2Si. The minimum absolute atomic E-state index is 0.0410. The van der Waals surface area contributed by atoms with Crippen LogP contribution < -0.4 is 11.4 Å². The largest absolute Gasteiger partial charge is 0.347 e. The Bertz CT molecular complexity index is 893. The lowest BCUT2D eigenvalue weighted by molar-refractivity contribution is 0.224. The van der Waals surface area contributed by atoms with Crippen molar-refractivity contribution in [2.24, 2.45) is 18.9 Å². The van der Waals surface area contributed by atoms with Crippen LogP contribution in [0.15, 0.2) is 33.9 Å². The molecule has 4 unspecified atom stereocenters. The quantitative estimate of drug-likeness (QED) is 0.750. The van der Waals surface area contributed by atoms with E-state index in [1.54, 1.807) is 16.4 Å². The first-order valence-corrected chi connectivity index (χ1v) is 11.9. The van der Waals surface area contributed by atoms with Crippen molar-refractivity contribution in [1.29, 1.82) is 0 Å². The average Bonchev–Trinajstić information content (AvgIpc) is 3.23. The van der Waals surface area contributed by atoms with E-state index in [4.69, 9.17) is 0 Å². The van der Waals surface area contributed by atoms with Crippen molar-refractivity contribution in [3.63, 3.8) is 0 Å². The van der Waals surface area contributed by atoms with Crippen molar-refractivity contribution in [2.45, 2.75) is 37.3 Å². The molecule has 23 heavy (non-hydrogen) atoms. The Labute approximate surface area is 135 Å². The van der Waals surface area contributed by atoms with Gasteiger partial charge in [-0.15, -0.1) is 0 Å². The SMILES string of the molecule is Cn1c(=O)n2n(c1=O)C1c3ccccc3C2C2C1C2[Si](C)(C)C. The summed E-state index contributed by atoms with van der Waals surface area (Å²) in [6, 6.07) is 8.49. The molecule has 2 aromatic rings. The number of nitrogens with zero attached hydrogens (tertiary/aromatic N) is 3. The van der Waals surface area contributed by atoms with Gasteiger partial charge in [-0.25, -0.2) is 23.5 Å². The van der Waals surface area contributed by atoms with E-state index in [1.165, 1.54) is 15.7 Å². The summed E-state index contributed by atoms with van der Waals surface area (Å²) in [5.41, 5.74) is 2.86. The van der Waals surface area contributed by atoms with Crippen molar-refractivity contribution in [2.75, 3.05) is 0 Å².